The molecule has 0 fully saturated rings. The lowest BCUT2D eigenvalue weighted by atomic mass is 10.2. The van der Waals surface area contributed by atoms with Gasteiger partial charge in [0.1, 0.15) is 0 Å². The van der Waals surface area contributed by atoms with E-state index in [1.807, 2.05) is 0 Å². The normalized spacial score (nSPS) is 21.3. The minimum absolute atomic E-state index is 0.137. The summed E-state index contributed by atoms with van der Waals surface area (Å²) in [6.07, 6.45) is 2.78. The molecular formula is C10H10N2O4S. The zero-order valence-electron chi connectivity index (χ0n) is 8.71. The second-order valence-electron chi connectivity index (χ2n) is 3.68. The number of amides is 1. The third-order valence-electron chi connectivity index (χ3n) is 2.28. The Hall–Kier alpha value is -1.89. The number of hydrogen-bond acceptors (Lipinski definition) is 4. The van der Waals surface area contributed by atoms with Crippen LogP contribution in [0.2, 0.25) is 0 Å². The lowest BCUT2D eigenvalue weighted by Gasteiger charge is -2.09. The number of sulfone groups is 1. The van der Waals surface area contributed by atoms with Gasteiger partial charge in [0, 0.05) is 23.2 Å². The summed E-state index contributed by atoms with van der Waals surface area (Å²) in [5.74, 6) is -0.607. The SMILES string of the molecule is O=C(NC1C=CS(=O)(=O)C1)c1cc[nH]c(=O)c1. The first-order valence-electron chi connectivity index (χ1n) is 4.87. The van der Waals surface area contributed by atoms with E-state index in [1.165, 1.54) is 18.3 Å². The second kappa shape index (κ2) is 4.17. The fourth-order valence-electron chi connectivity index (χ4n) is 1.50. The smallest absolute Gasteiger partial charge is 0.252 e. The summed E-state index contributed by atoms with van der Waals surface area (Å²) in [4.78, 5) is 25.0. The number of hydrogen-bond donors (Lipinski definition) is 2. The average molecular weight is 254 g/mol. The Bertz CT molecular complexity index is 630. The molecule has 1 aromatic heterocycles. The van der Waals surface area contributed by atoms with Crippen molar-refractivity contribution in [2.24, 2.45) is 0 Å². The summed E-state index contributed by atoms with van der Waals surface area (Å²) in [6, 6.07) is 2.07. The molecule has 1 aromatic rings. The highest BCUT2D eigenvalue weighted by Crippen LogP contribution is 2.08. The number of carbonyl (C=O) groups excluding carboxylic acids is 1. The van der Waals surface area contributed by atoms with Crippen LogP contribution in [0.15, 0.2) is 34.6 Å². The number of aromatic amines is 1. The summed E-state index contributed by atoms with van der Waals surface area (Å²) in [7, 11) is -3.19. The Balaban J connectivity index is 2.09. The van der Waals surface area contributed by atoms with Crippen LogP contribution in [-0.4, -0.2) is 31.1 Å². The van der Waals surface area contributed by atoms with E-state index >= 15 is 0 Å². The fraction of sp³-hybridized carbons (Fsp3) is 0.200. The predicted octanol–water partition coefficient (Wildman–Crippen LogP) is -0.585. The topological polar surface area (TPSA) is 96.1 Å². The van der Waals surface area contributed by atoms with E-state index in [-0.39, 0.29) is 16.9 Å². The van der Waals surface area contributed by atoms with Crippen molar-refractivity contribution in [1.29, 1.82) is 0 Å². The monoisotopic (exact) mass is 254 g/mol. The molecule has 2 heterocycles. The second-order valence-corrected chi connectivity index (χ2v) is 5.61. The van der Waals surface area contributed by atoms with Crippen molar-refractivity contribution in [3.8, 4) is 0 Å². The molecule has 0 radical (unpaired) electrons. The van der Waals surface area contributed by atoms with Crippen molar-refractivity contribution in [1.82, 2.24) is 10.3 Å². The summed E-state index contributed by atoms with van der Waals surface area (Å²) in [5, 5.41) is 3.60. The van der Waals surface area contributed by atoms with E-state index in [9.17, 15) is 18.0 Å². The molecule has 1 atom stereocenters. The van der Waals surface area contributed by atoms with Crippen molar-refractivity contribution < 1.29 is 13.2 Å². The molecule has 1 amide bonds. The first kappa shape index (κ1) is 11.6. The zero-order chi connectivity index (χ0) is 12.5. The zero-order valence-corrected chi connectivity index (χ0v) is 9.53. The van der Waals surface area contributed by atoms with Gasteiger partial charge in [-0.1, -0.05) is 0 Å². The first-order chi connectivity index (χ1) is 7.96. The van der Waals surface area contributed by atoms with Crippen LogP contribution in [0, 0.1) is 0 Å². The third kappa shape index (κ3) is 2.82. The van der Waals surface area contributed by atoms with Gasteiger partial charge in [-0.2, -0.15) is 0 Å². The summed E-state index contributed by atoms with van der Waals surface area (Å²) in [6.45, 7) is 0. The van der Waals surface area contributed by atoms with Gasteiger partial charge in [-0.15, -0.1) is 0 Å². The Morgan fingerprint density at radius 1 is 1.47 bits per heavy atom. The van der Waals surface area contributed by atoms with E-state index in [4.69, 9.17) is 0 Å². The van der Waals surface area contributed by atoms with E-state index < -0.39 is 21.8 Å². The van der Waals surface area contributed by atoms with Gasteiger partial charge in [-0.05, 0) is 12.1 Å². The lowest BCUT2D eigenvalue weighted by molar-refractivity contribution is 0.0947. The molecule has 6 nitrogen and oxygen atoms in total. The van der Waals surface area contributed by atoms with Gasteiger partial charge in [0.05, 0.1) is 11.8 Å². The number of rotatable bonds is 2. The van der Waals surface area contributed by atoms with E-state index in [1.54, 1.807) is 0 Å². The Kier molecular flexibility index (Phi) is 2.84. The molecule has 0 aliphatic carbocycles. The van der Waals surface area contributed by atoms with Gasteiger partial charge < -0.3 is 10.3 Å². The van der Waals surface area contributed by atoms with Crippen molar-refractivity contribution >= 4 is 15.7 Å². The Morgan fingerprint density at radius 2 is 2.24 bits per heavy atom. The quantitative estimate of drug-likeness (QED) is 0.737. The van der Waals surface area contributed by atoms with Gasteiger partial charge in [0.2, 0.25) is 5.56 Å². The maximum Gasteiger partial charge on any atom is 0.252 e. The average Bonchev–Trinajstić information content (AvgIpc) is 2.58. The molecule has 90 valence electrons. The summed E-state index contributed by atoms with van der Waals surface area (Å²) < 4.78 is 22.2. The summed E-state index contributed by atoms with van der Waals surface area (Å²) in [5.41, 5.74) is -0.182. The molecular weight excluding hydrogens is 244 g/mol. The van der Waals surface area contributed by atoms with Crippen LogP contribution in [0.5, 0.6) is 0 Å². The highest BCUT2D eigenvalue weighted by molar-refractivity contribution is 7.94. The van der Waals surface area contributed by atoms with Crippen molar-refractivity contribution in [2.45, 2.75) is 6.04 Å². The molecule has 7 heteroatoms. The van der Waals surface area contributed by atoms with E-state index in [2.05, 4.69) is 10.3 Å². The minimum Gasteiger partial charge on any atom is -0.345 e. The van der Waals surface area contributed by atoms with Crippen molar-refractivity contribution in [2.75, 3.05) is 5.75 Å². The molecule has 1 aliphatic rings. The van der Waals surface area contributed by atoms with Crippen LogP contribution < -0.4 is 10.9 Å². The lowest BCUT2D eigenvalue weighted by Crippen LogP contribution is -2.35. The van der Waals surface area contributed by atoms with Crippen molar-refractivity contribution in [3.05, 3.63) is 45.7 Å². The standard InChI is InChI=1S/C10H10N2O4S/c13-9-5-7(1-3-11-9)10(14)12-8-2-4-17(15,16)6-8/h1-5,8H,6H2,(H,11,13)(H,12,14). The highest BCUT2D eigenvalue weighted by Gasteiger charge is 2.23. The molecule has 0 saturated heterocycles. The molecule has 17 heavy (non-hydrogen) atoms. The third-order valence-corrected chi connectivity index (χ3v) is 3.68. The molecule has 0 bridgehead atoms. The van der Waals surface area contributed by atoms with Gasteiger partial charge in [0.15, 0.2) is 9.84 Å². The number of aromatic nitrogens is 1. The largest absolute Gasteiger partial charge is 0.345 e. The number of nitrogens with one attached hydrogen (secondary N) is 2. The predicted molar refractivity (Wildman–Crippen MR) is 61.2 cm³/mol. The molecule has 1 unspecified atom stereocenters. The Morgan fingerprint density at radius 3 is 2.82 bits per heavy atom. The van der Waals surface area contributed by atoms with Gasteiger partial charge in [0.25, 0.3) is 5.91 Å². The maximum absolute atomic E-state index is 11.7. The number of carbonyl (C=O) groups is 1. The molecule has 0 aromatic carbocycles. The van der Waals surface area contributed by atoms with Gasteiger partial charge >= 0.3 is 0 Å². The minimum atomic E-state index is -3.19. The van der Waals surface area contributed by atoms with Crippen LogP contribution in [-0.2, 0) is 9.84 Å². The molecule has 0 saturated carbocycles. The van der Waals surface area contributed by atoms with Crippen LogP contribution in [0.3, 0.4) is 0 Å². The number of H-pyrrole nitrogens is 1. The van der Waals surface area contributed by atoms with Gasteiger partial charge in [-0.3, -0.25) is 9.59 Å². The molecule has 1 aliphatic heterocycles. The van der Waals surface area contributed by atoms with Crippen LogP contribution >= 0.6 is 0 Å². The van der Waals surface area contributed by atoms with E-state index in [0.717, 1.165) is 11.5 Å². The van der Waals surface area contributed by atoms with Crippen LogP contribution in [0.25, 0.3) is 0 Å². The molecule has 2 N–H and O–H groups in total. The van der Waals surface area contributed by atoms with E-state index in [0.29, 0.717) is 0 Å². The Labute approximate surface area is 97.3 Å². The summed E-state index contributed by atoms with van der Waals surface area (Å²) >= 11 is 0. The van der Waals surface area contributed by atoms with Gasteiger partial charge in [-0.25, -0.2) is 8.42 Å². The molecule has 0 spiro atoms. The fourth-order valence-corrected chi connectivity index (χ4v) is 2.74. The highest BCUT2D eigenvalue weighted by atomic mass is 32.2. The first-order valence-corrected chi connectivity index (χ1v) is 6.58. The number of pyridine rings is 1. The maximum atomic E-state index is 11.7. The van der Waals surface area contributed by atoms with Crippen molar-refractivity contribution in [3.63, 3.8) is 0 Å². The van der Waals surface area contributed by atoms with Crippen LogP contribution in [0.1, 0.15) is 10.4 Å². The van der Waals surface area contributed by atoms with Crippen LogP contribution in [0.4, 0.5) is 0 Å². The molecule has 2 rings (SSSR count).